The van der Waals surface area contributed by atoms with Gasteiger partial charge in [0.05, 0.1) is 5.69 Å². The van der Waals surface area contributed by atoms with Crippen LogP contribution < -0.4 is 10.2 Å². The molecule has 0 amide bonds. The maximum Gasteiger partial charge on any atom is 0.195 e. The molecule has 0 spiro atoms. The van der Waals surface area contributed by atoms with Gasteiger partial charge >= 0.3 is 0 Å². The Labute approximate surface area is 131 Å². The van der Waals surface area contributed by atoms with E-state index in [0.717, 1.165) is 24.6 Å². The Morgan fingerprint density at radius 2 is 2.24 bits per heavy atom. The van der Waals surface area contributed by atoms with Crippen LogP contribution in [0.2, 0.25) is 0 Å². The first-order valence-electron chi connectivity index (χ1n) is 7.89. The summed E-state index contributed by atoms with van der Waals surface area (Å²) in [6.07, 6.45) is 4.71. The van der Waals surface area contributed by atoms with Crippen molar-refractivity contribution in [3.8, 4) is 0 Å². The van der Waals surface area contributed by atoms with Crippen LogP contribution in [0.4, 0.5) is 5.82 Å². The summed E-state index contributed by atoms with van der Waals surface area (Å²) in [4.78, 5) is 8.50. The topological polar surface area (TPSA) is 32.6 Å². The fourth-order valence-electron chi connectivity index (χ4n) is 3.14. The molecule has 5 heteroatoms. The standard InChI is InChI=1S/C16H26N4S/c1-12(2)17-10-13-14(18-15-20(13)8-9-21-15)19-7-5-6-16(3,4)11-19/h8-9,12,17H,5-7,10-11H2,1-4H3. The van der Waals surface area contributed by atoms with E-state index in [-0.39, 0.29) is 0 Å². The van der Waals surface area contributed by atoms with Gasteiger partial charge < -0.3 is 10.2 Å². The van der Waals surface area contributed by atoms with E-state index in [2.05, 4.69) is 53.9 Å². The lowest BCUT2D eigenvalue weighted by atomic mass is 9.84. The summed E-state index contributed by atoms with van der Waals surface area (Å²) >= 11 is 1.72. The van der Waals surface area contributed by atoms with E-state index in [1.54, 1.807) is 11.3 Å². The molecule has 0 unspecified atom stereocenters. The predicted molar refractivity (Wildman–Crippen MR) is 90.3 cm³/mol. The highest BCUT2D eigenvalue weighted by Crippen LogP contribution is 2.33. The van der Waals surface area contributed by atoms with Crippen molar-refractivity contribution in [2.75, 3.05) is 18.0 Å². The van der Waals surface area contributed by atoms with Crippen molar-refractivity contribution in [3.05, 3.63) is 17.3 Å². The number of nitrogens with zero attached hydrogens (tertiary/aromatic N) is 3. The molecule has 0 radical (unpaired) electrons. The highest BCUT2D eigenvalue weighted by Gasteiger charge is 2.29. The van der Waals surface area contributed by atoms with E-state index < -0.39 is 0 Å². The molecule has 2 aromatic rings. The van der Waals surface area contributed by atoms with Crippen molar-refractivity contribution in [2.45, 2.75) is 53.1 Å². The first-order valence-corrected chi connectivity index (χ1v) is 8.77. The number of thiazole rings is 1. The lowest BCUT2D eigenvalue weighted by molar-refractivity contribution is 0.292. The SMILES string of the molecule is CC(C)NCc1c(N2CCCC(C)(C)C2)nc2sccn12. The average Bonchev–Trinajstić information content (AvgIpc) is 2.95. The monoisotopic (exact) mass is 306 g/mol. The summed E-state index contributed by atoms with van der Waals surface area (Å²) in [5.41, 5.74) is 1.69. The third-order valence-corrected chi connectivity index (χ3v) is 4.97. The number of fused-ring (bicyclic) bond motifs is 1. The van der Waals surface area contributed by atoms with Crippen molar-refractivity contribution in [1.82, 2.24) is 14.7 Å². The number of hydrogen-bond acceptors (Lipinski definition) is 4. The molecule has 3 heterocycles. The minimum atomic E-state index is 0.387. The van der Waals surface area contributed by atoms with Crippen LogP contribution in [0.1, 0.15) is 46.2 Å². The maximum absolute atomic E-state index is 4.91. The Hall–Kier alpha value is -1.07. The Kier molecular flexibility index (Phi) is 3.97. The van der Waals surface area contributed by atoms with Gasteiger partial charge in [0.1, 0.15) is 0 Å². The number of hydrogen-bond donors (Lipinski definition) is 1. The van der Waals surface area contributed by atoms with Gasteiger partial charge in [-0.3, -0.25) is 4.40 Å². The lowest BCUT2D eigenvalue weighted by Gasteiger charge is -2.38. The van der Waals surface area contributed by atoms with Gasteiger partial charge in [0.15, 0.2) is 10.8 Å². The molecule has 0 saturated carbocycles. The zero-order valence-electron chi connectivity index (χ0n) is 13.5. The number of imidazole rings is 1. The number of piperidine rings is 1. The predicted octanol–water partition coefficient (Wildman–Crippen LogP) is 3.52. The van der Waals surface area contributed by atoms with Gasteiger partial charge in [-0.2, -0.15) is 0 Å². The van der Waals surface area contributed by atoms with E-state index in [1.165, 1.54) is 24.4 Å². The Morgan fingerprint density at radius 3 is 2.95 bits per heavy atom. The second-order valence-corrected chi connectivity index (χ2v) is 8.04. The van der Waals surface area contributed by atoms with Gasteiger partial charge in [-0.25, -0.2) is 4.98 Å². The molecule has 0 atom stereocenters. The number of rotatable bonds is 4. The summed E-state index contributed by atoms with van der Waals surface area (Å²) in [5.74, 6) is 1.18. The van der Waals surface area contributed by atoms with Crippen LogP contribution in [0, 0.1) is 5.41 Å². The Bertz CT molecular complexity index is 611. The molecular weight excluding hydrogens is 280 g/mol. The molecule has 1 saturated heterocycles. The smallest absolute Gasteiger partial charge is 0.195 e. The van der Waals surface area contributed by atoms with Gasteiger partial charge in [0.25, 0.3) is 0 Å². The largest absolute Gasteiger partial charge is 0.354 e. The zero-order valence-corrected chi connectivity index (χ0v) is 14.3. The van der Waals surface area contributed by atoms with Crippen molar-refractivity contribution in [1.29, 1.82) is 0 Å². The molecule has 116 valence electrons. The normalized spacial score (nSPS) is 18.8. The van der Waals surface area contributed by atoms with Gasteiger partial charge in [-0.1, -0.05) is 27.7 Å². The molecule has 4 nitrogen and oxygen atoms in total. The van der Waals surface area contributed by atoms with Gasteiger partial charge in [-0.15, -0.1) is 11.3 Å². The molecule has 21 heavy (non-hydrogen) atoms. The van der Waals surface area contributed by atoms with Crippen LogP contribution in [-0.2, 0) is 6.54 Å². The summed E-state index contributed by atoms with van der Waals surface area (Å²) in [6, 6.07) is 0.486. The third kappa shape index (κ3) is 3.09. The maximum atomic E-state index is 4.91. The van der Waals surface area contributed by atoms with Gasteiger partial charge in [0, 0.05) is 37.3 Å². The molecule has 0 bridgehead atoms. The first kappa shape index (κ1) is 14.9. The lowest BCUT2D eigenvalue weighted by Crippen LogP contribution is -2.41. The van der Waals surface area contributed by atoms with Crippen LogP contribution in [-0.4, -0.2) is 28.5 Å². The summed E-state index contributed by atoms with van der Waals surface area (Å²) in [5, 5.41) is 5.66. The molecule has 1 aliphatic heterocycles. The minimum Gasteiger partial charge on any atom is -0.354 e. The van der Waals surface area contributed by atoms with Crippen molar-refractivity contribution >= 4 is 22.1 Å². The molecule has 3 rings (SSSR count). The Morgan fingerprint density at radius 1 is 1.43 bits per heavy atom. The van der Waals surface area contributed by atoms with Crippen LogP contribution in [0.25, 0.3) is 4.96 Å². The molecule has 2 aromatic heterocycles. The molecular formula is C16H26N4S. The second kappa shape index (κ2) is 5.61. The van der Waals surface area contributed by atoms with Gasteiger partial charge in [0.2, 0.25) is 0 Å². The van der Waals surface area contributed by atoms with E-state index in [1.807, 2.05) is 0 Å². The van der Waals surface area contributed by atoms with Gasteiger partial charge in [-0.05, 0) is 18.3 Å². The number of anilines is 1. The molecule has 1 N–H and O–H groups in total. The summed E-state index contributed by atoms with van der Waals surface area (Å²) < 4.78 is 2.25. The van der Waals surface area contributed by atoms with Crippen molar-refractivity contribution in [2.24, 2.45) is 5.41 Å². The Balaban J connectivity index is 1.93. The first-order chi connectivity index (χ1) is 9.96. The average molecular weight is 306 g/mol. The molecule has 1 aliphatic rings. The fourth-order valence-corrected chi connectivity index (χ4v) is 3.87. The second-order valence-electron chi connectivity index (χ2n) is 7.16. The quantitative estimate of drug-likeness (QED) is 0.938. The van der Waals surface area contributed by atoms with Crippen LogP contribution >= 0.6 is 11.3 Å². The molecule has 0 aliphatic carbocycles. The van der Waals surface area contributed by atoms with Crippen LogP contribution in [0.3, 0.4) is 0 Å². The summed E-state index contributed by atoms with van der Waals surface area (Å²) in [6.45, 7) is 12.2. The van der Waals surface area contributed by atoms with Crippen LogP contribution in [0.15, 0.2) is 11.6 Å². The van der Waals surface area contributed by atoms with E-state index in [4.69, 9.17) is 4.98 Å². The number of nitrogens with one attached hydrogen (secondary N) is 1. The third-order valence-electron chi connectivity index (χ3n) is 4.22. The highest BCUT2D eigenvalue weighted by molar-refractivity contribution is 7.15. The molecule has 0 aromatic carbocycles. The highest BCUT2D eigenvalue weighted by atomic mass is 32.1. The molecule has 1 fully saturated rings. The van der Waals surface area contributed by atoms with E-state index in [0.29, 0.717) is 11.5 Å². The minimum absolute atomic E-state index is 0.387. The van der Waals surface area contributed by atoms with Crippen molar-refractivity contribution in [3.63, 3.8) is 0 Å². The van der Waals surface area contributed by atoms with Crippen LogP contribution in [0.5, 0.6) is 0 Å². The van der Waals surface area contributed by atoms with E-state index in [9.17, 15) is 0 Å². The fraction of sp³-hybridized carbons (Fsp3) is 0.688. The number of aromatic nitrogens is 2. The zero-order chi connectivity index (χ0) is 15.0. The van der Waals surface area contributed by atoms with E-state index >= 15 is 0 Å². The summed E-state index contributed by atoms with van der Waals surface area (Å²) in [7, 11) is 0. The van der Waals surface area contributed by atoms with Crippen molar-refractivity contribution < 1.29 is 0 Å².